The van der Waals surface area contributed by atoms with E-state index in [9.17, 15) is 14.4 Å². The molecule has 0 radical (unpaired) electrons. The topological polar surface area (TPSA) is 98.7 Å². The van der Waals surface area contributed by atoms with Crippen molar-refractivity contribution in [2.24, 2.45) is 23.7 Å². The highest BCUT2D eigenvalue weighted by Crippen LogP contribution is 2.42. The Morgan fingerprint density at radius 3 is 2.26 bits per heavy atom. The molecule has 1 aliphatic carbocycles. The molecule has 3 rings (SSSR count). The summed E-state index contributed by atoms with van der Waals surface area (Å²) in [6.07, 6.45) is 3.02. The molecule has 7 nitrogen and oxygen atoms in total. The van der Waals surface area contributed by atoms with Gasteiger partial charge in [-0.2, -0.15) is 0 Å². The van der Waals surface area contributed by atoms with Crippen LogP contribution in [-0.4, -0.2) is 40.5 Å². The van der Waals surface area contributed by atoms with Crippen LogP contribution < -0.4 is 10.6 Å². The maximum Gasteiger partial charge on any atom is 0.322 e. The van der Waals surface area contributed by atoms with Crippen LogP contribution in [0.3, 0.4) is 0 Å². The lowest BCUT2D eigenvalue weighted by Crippen LogP contribution is -2.51. The van der Waals surface area contributed by atoms with Crippen LogP contribution in [0.1, 0.15) is 69.3 Å². The van der Waals surface area contributed by atoms with Gasteiger partial charge in [-0.1, -0.05) is 69.5 Å². The second-order valence-electron chi connectivity index (χ2n) is 10.9. The van der Waals surface area contributed by atoms with Gasteiger partial charge >= 0.3 is 12.0 Å². The molecule has 2 aromatic rings. The van der Waals surface area contributed by atoms with E-state index in [0.717, 1.165) is 24.8 Å². The van der Waals surface area contributed by atoms with Crippen molar-refractivity contribution in [2.45, 2.75) is 66.0 Å². The quantitative estimate of drug-likeness (QED) is 0.276. The molecular formula is C30H39Cl2N3O4. The molecule has 4 atom stereocenters. The Morgan fingerprint density at radius 1 is 1.05 bits per heavy atom. The fourth-order valence-electron chi connectivity index (χ4n) is 5.67. The number of hydrogen-bond donors (Lipinski definition) is 3. The molecule has 0 saturated heterocycles. The Bertz CT molecular complexity index is 1140. The highest BCUT2D eigenvalue weighted by Gasteiger charge is 2.40. The van der Waals surface area contributed by atoms with Crippen LogP contribution in [0.15, 0.2) is 42.5 Å². The van der Waals surface area contributed by atoms with Gasteiger partial charge in [0.2, 0.25) is 0 Å². The number of nitrogens with one attached hydrogen (secondary N) is 2. The van der Waals surface area contributed by atoms with Gasteiger partial charge in [-0.3, -0.25) is 9.59 Å². The van der Waals surface area contributed by atoms with Gasteiger partial charge in [0.05, 0.1) is 6.42 Å². The summed E-state index contributed by atoms with van der Waals surface area (Å²) in [5, 5.41) is 15.3. The highest BCUT2D eigenvalue weighted by atomic mass is 35.5. The van der Waals surface area contributed by atoms with Gasteiger partial charge in [0.25, 0.3) is 5.91 Å². The number of carbonyl (C=O) groups is 3. The molecule has 1 saturated carbocycles. The lowest BCUT2D eigenvalue weighted by atomic mass is 9.66. The van der Waals surface area contributed by atoms with Gasteiger partial charge in [-0.15, -0.1) is 0 Å². The van der Waals surface area contributed by atoms with E-state index in [-0.39, 0.29) is 30.9 Å². The van der Waals surface area contributed by atoms with E-state index < -0.39 is 5.97 Å². The number of nitrogens with zero attached hydrogens (tertiary/aromatic N) is 1. The molecule has 3 amide bonds. The zero-order valence-corrected chi connectivity index (χ0v) is 24.6. The number of carboxylic acid groups (broad SMARTS) is 1. The van der Waals surface area contributed by atoms with Crippen molar-refractivity contribution in [3.8, 4) is 0 Å². The van der Waals surface area contributed by atoms with Gasteiger partial charge in [-0.25, -0.2) is 4.79 Å². The van der Waals surface area contributed by atoms with Crippen LogP contribution in [0.25, 0.3) is 0 Å². The van der Waals surface area contributed by atoms with Crippen LogP contribution in [0.5, 0.6) is 0 Å². The Labute approximate surface area is 241 Å². The van der Waals surface area contributed by atoms with Gasteiger partial charge in [0, 0.05) is 40.4 Å². The first kappa shape index (κ1) is 30.8. The highest BCUT2D eigenvalue weighted by molar-refractivity contribution is 6.35. The van der Waals surface area contributed by atoms with E-state index in [0.29, 0.717) is 51.5 Å². The zero-order valence-electron chi connectivity index (χ0n) is 23.0. The third-order valence-electron chi connectivity index (χ3n) is 7.86. The number of aliphatic carboxylic acids is 1. The van der Waals surface area contributed by atoms with Gasteiger partial charge in [0.1, 0.15) is 0 Å². The first-order valence-corrected chi connectivity index (χ1v) is 14.4. The standard InChI is InChI=1S/C30H39Cl2N3O4/c1-5-20-12-26(18(2)3)19(4)27(13-20)35(30(39)34-25-15-23(31)14-24(32)16-25)17-21-6-8-22(9-7-21)29(38)33-11-10-28(36)37/h6-9,14-16,18-20,26-27H,5,10-13,17H2,1-4H3,(H,33,38)(H,34,39)(H,36,37). The fraction of sp³-hybridized carbons (Fsp3) is 0.500. The monoisotopic (exact) mass is 575 g/mol. The normalized spacial score (nSPS) is 20.9. The summed E-state index contributed by atoms with van der Waals surface area (Å²) >= 11 is 12.4. The molecule has 0 heterocycles. The number of rotatable bonds is 10. The van der Waals surface area contributed by atoms with Crippen LogP contribution in [0, 0.1) is 23.7 Å². The summed E-state index contributed by atoms with van der Waals surface area (Å²) in [5.41, 5.74) is 1.86. The van der Waals surface area contributed by atoms with Crippen molar-refractivity contribution < 1.29 is 19.5 Å². The van der Waals surface area contributed by atoms with Crippen LogP contribution >= 0.6 is 23.2 Å². The average molecular weight is 577 g/mol. The number of hydrogen-bond acceptors (Lipinski definition) is 3. The van der Waals surface area contributed by atoms with Gasteiger partial charge < -0.3 is 20.6 Å². The first-order valence-electron chi connectivity index (χ1n) is 13.6. The van der Waals surface area contributed by atoms with E-state index in [1.54, 1.807) is 30.3 Å². The Hall–Kier alpha value is -2.77. The van der Waals surface area contributed by atoms with Crippen molar-refractivity contribution in [3.63, 3.8) is 0 Å². The van der Waals surface area contributed by atoms with Gasteiger partial charge in [0.15, 0.2) is 0 Å². The predicted molar refractivity (Wildman–Crippen MR) is 156 cm³/mol. The lowest BCUT2D eigenvalue weighted by Gasteiger charge is -2.47. The minimum absolute atomic E-state index is 0.0322. The number of carboxylic acids is 1. The third kappa shape index (κ3) is 8.61. The third-order valence-corrected chi connectivity index (χ3v) is 8.30. The van der Waals surface area contributed by atoms with Crippen LogP contribution in [0.2, 0.25) is 10.0 Å². The number of amides is 3. The molecule has 0 aliphatic heterocycles. The summed E-state index contributed by atoms with van der Waals surface area (Å²) < 4.78 is 0. The molecule has 0 aromatic heterocycles. The molecule has 4 unspecified atom stereocenters. The largest absolute Gasteiger partial charge is 0.481 e. The Balaban J connectivity index is 1.86. The molecule has 0 bridgehead atoms. The smallest absolute Gasteiger partial charge is 0.322 e. The number of benzene rings is 2. The zero-order chi connectivity index (χ0) is 28.7. The molecule has 212 valence electrons. The predicted octanol–water partition coefficient (Wildman–Crippen LogP) is 7.33. The van der Waals surface area contributed by atoms with E-state index in [2.05, 4.69) is 38.3 Å². The number of anilines is 1. The molecule has 0 spiro atoms. The SMILES string of the molecule is CCC1CC(C(C)C)C(C)C(N(Cc2ccc(C(=O)NCCC(=O)O)cc2)C(=O)Nc2cc(Cl)cc(Cl)c2)C1. The summed E-state index contributed by atoms with van der Waals surface area (Å²) in [6.45, 7) is 9.42. The molecule has 9 heteroatoms. The lowest BCUT2D eigenvalue weighted by molar-refractivity contribution is -0.136. The van der Waals surface area contributed by atoms with Crippen LogP contribution in [-0.2, 0) is 11.3 Å². The number of urea groups is 1. The van der Waals surface area contributed by atoms with Gasteiger partial charge in [-0.05, 0) is 72.4 Å². The van der Waals surface area contributed by atoms with E-state index in [1.165, 1.54) is 0 Å². The summed E-state index contributed by atoms with van der Waals surface area (Å²) in [6, 6.07) is 11.9. The first-order chi connectivity index (χ1) is 18.5. The van der Waals surface area contributed by atoms with E-state index in [1.807, 2.05) is 17.0 Å². The minimum atomic E-state index is -0.967. The number of carbonyl (C=O) groups excluding carboxylic acids is 2. The summed E-state index contributed by atoms with van der Waals surface area (Å²) in [5.74, 6) is 0.550. The minimum Gasteiger partial charge on any atom is -0.481 e. The molecule has 1 aliphatic rings. The Kier molecular flexibility index (Phi) is 11.1. The summed E-state index contributed by atoms with van der Waals surface area (Å²) in [4.78, 5) is 38.8. The van der Waals surface area contributed by atoms with Crippen molar-refractivity contribution in [1.82, 2.24) is 10.2 Å². The molecule has 1 fully saturated rings. The molecule has 39 heavy (non-hydrogen) atoms. The second kappa shape index (κ2) is 14.0. The average Bonchev–Trinajstić information content (AvgIpc) is 2.86. The van der Waals surface area contributed by atoms with Crippen molar-refractivity contribution in [2.75, 3.05) is 11.9 Å². The van der Waals surface area contributed by atoms with Crippen molar-refractivity contribution in [1.29, 1.82) is 0 Å². The molecular weight excluding hydrogens is 537 g/mol. The maximum atomic E-state index is 13.8. The molecule has 3 N–H and O–H groups in total. The van der Waals surface area contributed by atoms with Crippen LogP contribution in [0.4, 0.5) is 10.5 Å². The summed E-state index contributed by atoms with van der Waals surface area (Å²) in [7, 11) is 0. The van der Waals surface area contributed by atoms with E-state index >= 15 is 0 Å². The van der Waals surface area contributed by atoms with Crippen molar-refractivity contribution in [3.05, 3.63) is 63.6 Å². The Morgan fingerprint density at radius 2 is 1.69 bits per heavy atom. The number of halogens is 2. The maximum absolute atomic E-state index is 13.8. The fourth-order valence-corrected chi connectivity index (χ4v) is 6.19. The molecule has 2 aromatic carbocycles. The van der Waals surface area contributed by atoms with E-state index in [4.69, 9.17) is 28.3 Å². The second-order valence-corrected chi connectivity index (χ2v) is 11.8. The van der Waals surface area contributed by atoms with Crippen molar-refractivity contribution >= 4 is 46.8 Å².